The Balaban J connectivity index is 1.88. The summed E-state index contributed by atoms with van der Waals surface area (Å²) in [4.78, 5) is 15.9. The van der Waals surface area contributed by atoms with E-state index >= 15 is 0 Å². The second kappa shape index (κ2) is 6.43. The van der Waals surface area contributed by atoms with Crippen molar-refractivity contribution in [3.63, 3.8) is 0 Å². The molecule has 0 saturated carbocycles. The Morgan fingerprint density at radius 2 is 2.10 bits per heavy atom. The molecule has 0 fully saturated rings. The predicted octanol–water partition coefficient (Wildman–Crippen LogP) is 3.04. The first-order valence-corrected chi connectivity index (χ1v) is 6.53. The van der Waals surface area contributed by atoms with Crippen molar-refractivity contribution >= 4 is 11.6 Å². The Bertz CT molecular complexity index is 641. The summed E-state index contributed by atoms with van der Waals surface area (Å²) in [5.41, 5.74) is 0.201. The zero-order valence-corrected chi connectivity index (χ0v) is 11.7. The standard InChI is InChI=1S/C14H15F2N3O2/c1-8(2)14-18-13(21-19-14)6-5-12(20)17-9-3-4-10(15)11(16)7-9/h3-4,7-8H,5-6H2,1-2H3,(H,17,20). The minimum atomic E-state index is -1.01. The van der Waals surface area contributed by atoms with Crippen LogP contribution in [0.2, 0.25) is 0 Å². The molecule has 0 atom stereocenters. The van der Waals surface area contributed by atoms with E-state index in [1.807, 2.05) is 13.8 Å². The second-order valence-corrected chi connectivity index (χ2v) is 4.88. The lowest BCUT2D eigenvalue weighted by atomic mass is 10.2. The molecule has 0 saturated heterocycles. The molecule has 1 heterocycles. The fourth-order valence-corrected chi connectivity index (χ4v) is 1.62. The van der Waals surface area contributed by atoms with Gasteiger partial charge in [0.15, 0.2) is 17.5 Å². The number of anilines is 1. The third kappa shape index (κ3) is 4.08. The Morgan fingerprint density at radius 1 is 1.33 bits per heavy atom. The summed E-state index contributed by atoms with van der Waals surface area (Å²) >= 11 is 0. The van der Waals surface area contributed by atoms with E-state index in [4.69, 9.17) is 4.52 Å². The molecule has 2 aromatic rings. The first-order chi connectivity index (χ1) is 9.95. The maximum Gasteiger partial charge on any atom is 0.227 e. The van der Waals surface area contributed by atoms with Gasteiger partial charge in [-0.15, -0.1) is 0 Å². The van der Waals surface area contributed by atoms with Gasteiger partial charge in [0.05, 0.1) is 0 Å². The van der Waals surface area contributed by atoms with Crippen LogP contribution in [0.1, 0.15) is 37.9 Å². The summed E-state index contributed by atoms with van der Waals surface area (Å²) in [6.07, 6.45) is 0.397. The van der Waals surface area contributed by atoms with Gasteiger partial charge < -0.3 is 9.84 Å². The molecule has 21 heavy (non-hydrogen) atoms. The van der Waals surface area contributed by atoms with Crippen LogP contribution in [0.5, 0.6) is 0 Å². The van der Waals surface area contributed by atoms with Crippen LogP contribution in [0.25, 0.3) is 0 Å². The molecule has 1 N–H and O–H groups in total. The molecular weight excluding hydrogens is 280 g/mol. The van der Waals surface area contributed by atoms with Gasteiger partial charge in [-0.1, -0.05) is 19.0 Å². The first kappa shape index (κ1) is 15.1. The van der Waals surface area contributed by atoms with Crippen LogP contribution in [-0.4, -0.2) is 16.0 Å². The van der Waals surface area contributed by atoms with Crippen LogP contribution in [0.3, 0.4) is 0 Å². The van der Waals surface area contributed by atoms with Gasteiger partial charge in [0, 0.05) is 30.5 Å². The topological polar surface area (TPSA) is 68.0 Å². The number of carbonyl (C=O) groups is 1. The highest BCUT2D eigenvalue weighted by Gasteiger charge is 2.12. The van der Waals surface area contributed by atoms with Gasteiger partial charge in [0.2, 0.25) is 11.8 Å². The number of benzene rings is 1. The highest BCUT2D eigenvalue weighted by atomic mass is 19.2. The predicted molar refractivity (Wildman–Crippen MR) is 71.7 cm³/mol. The molecule has 1 amide bonds. The number of aryl methyl sites for hydroxylation is 1. The zero-order chi connectivity index (χ0) is 15.4. The van der Waals surface area contributed by atoms with E-state index in [9.17, 15) is 13.6 Å². The highest BCUT2D eigenvalue weighted by Crippen LogP contribution is 2.14. The lowest BCUT2D eigenvalue weighted by Crippen LogP contribution is -2.12. The van der Waals surface area contributed by atoms with Gasteiger partial charge in [0.25, 0.3) is 0 Å². The Kier molecular flexibility index (Phi) is 4.62. The number of rotatable bonds is 5. The van der Waals surface area contributed by atoms with Crippen molar-refractivity contribution in [2.45, 2.75) is 32.6 Å². The molecule has 112 valence electrons. The Hall–Kier alpha value is -2.31. The molecule has 0 aliphatic carbocycles. The van der Waals surface area contributed by atoms with E-state index in [1.165, 1.54) is 6.07 Å². The highest BCUT2D eigenvalue weighted by molar-refractivity contribution is 5.90. The number of carbonyl (C=O) groups excluding carboxylic acids is 1. The van der Waals surface area contributed by atoms with Crippen molar-refractivity contribution in [1.29, 1.82) is 0 Å². The molecule has 0 unspecified atom stereocenters. The van der Waals surface area contributed by atoms with Crippen LogP contribution >= 0.6 is 0 Å². The zero-order valence-electron chi connectivity index (χ0n) is 11.7. The van der Waals surface area contributed by atoms with Crippen LogP contribution in [0, 0.1) is 11.6 Å². The average Bonchev–Trinajstić information content (AvgIpc) is 2.90. The summed E-state index contributed by atoms with van der Waals surface area (Å²) in [6.45, 7) is 3.87. The Morgan fingerprint density at radius 3 is 2.71 bits per heavy atom. The van der Waals surface area contributed by atoms with Crippen molar-refractivity contribution < 1.29 is 18.1 Å². The van der Waals surface area contributed by atoms with Crippen LogP contribution in [-0.2, 0) is 11.2 Å². The monoisotopic (exact) mass is 295 g/mol. The van der Waals surface area contributed by atoms with E-state index in [0.29, 0.717) is 11.7 Å². The Labute approximate surface area is 120 Å². The molecular formula is C14H15F2N3O2. The number of nitrogens with zero attached hydrogens (tertiary/aromatic N) is 2. The van der Waals surface area contributed by atoms with Gasteiger partial charge in [-0.2, -0.15) is 4.98 Å². The van der Waals surface area contributed by atoms with Crippen molar-refractivity contribution in [1.82, 2.24) is 10.1 Å². The molecule has 0 bridgehead atoms. The van der Waals surface area contributed by atoms with Crippen molar-refractivity contribution in [3.05, 3.63) is 41.5 Å². The van der Waals surface area contributed by atoms with Crippen molar-refractivity contribution in [2.24, 2.45) is 0 Å². The lowest BCUT2D eigenvalue weighted by Gasteiger charge is -2.04. The summed E-state index contributed by atoms with van der Waals surface area (Å²) in [5, 5.41) is 6.26. The van der Waals surface area contributed by atoms with Crippen LogP contribution < -0.4 is 5.32 Å². The molecule has 5 nitrogen and oxygen atoms in total. The maximum atomic E-state index is 13.0. The number of aromatic nitrogens is 2. The van der Waals surface area contributed by atoms with E-state index in [2.05, 4.69) is 15.5 Å². The average molecular weight is 295 g/mol. The van der Waals surface area contributed by atoms with Crippen molar-refractivity contribution in [3.8, 4) is 0 Å². The molecule has 1 aromatic carbocycles. The van der Waals surface area contributed by atoms with E-state index in [-0.39, 0.29) is 30.4 Å². The minimum Gasteiger partial charge on any atom is -0.339 e. The van der Waals surface area contributed by atoms with Crippen molar-refractivity contribution in [2.75, 3.05) is 5.32 Å². The molecule has 0 aliphatic heterocycles. The molecule has 0 radical (unpaired) electrons. The smallest absolute Gasteiger partial charge is 0.227 e. The van der Waals surface area contributed by atoms with E-state index in [0.717, 1.165) is 12.1 Å². The fourth-order valence-electron chi connectivity index (χ4n) is 1.62. The SMILES string of the molecule is CC(C)c1noc(CCC(=O)Nc2ccc(F)c(F)c2)n1. The van der Waals surface area contributed by atoms with Crippen LogP contribution in [0.15, 0.2) is 22.7 Å². The minimum absolute atomic E-state index is 0.110. The summed E-state index contributed by atoms with van der Waals surface area (Å²) < 4.78 is 30.8. The van der Waals surface area contributed by atoms with E-state index in [1.54, 1.807) is 0 Å². The van der Waals surface area contributed by atoms with Gasteiger partial charge >= 0.3 is 0 Å². The number of nitrogens with one attached hydrogen (secondary N) is 1. The lowest BCUT2D eigenvalue weighted by molar-refractivity contribution is -0.116. The summed E-state index contributed by atoms with van der Waals surface area (Å²) in [5.74, 6) is -1.19. The summed E-state index contributed by atoms with van der Waals surface area (Å²) in [7, 11) is 0. The molecule has 2 rings (SSSR count). The van der Waals surface area contributed by atoms with E-state index < -0.39 is 11.6 Å². The molecule has 7 heteroatoms. The molecule has 1 aromatic heterocycles. The third-order valence-corrected chi connectivity index (χ3v) is 2.77. The van der Waals surface area contributed by atoms with Crippen LogP contribution in [0.4, 0.5) is 14.5 Å². The van der Waals surface area contributed by atoms with Gasteiger partial charge in [-0.05, 0) is 12.1 Å². The third-order valence-electron chi connectivity index (χ3n) is 2.77. The number of hydrogen-bond acceptors (Lipinski definition) is 4. The van der Waals surface area contributed by atoms with Gasteiger partial charge in [0.1, 0.15) is 0 Å². The quantitative estimate of drug-likeness (QED) is 0.920. The molecule has 0 spiro atoms. The molecule has 0 aliphatic rings. The maximum absolute atomic E-state index is 13.0. The van der Waals surface area contributed by atoms with Gasteiger partial charge in [-0.3, -0.25) is 4.79 Å². The number of amides is 1. The number of halogens is 2. The first-order valence-electron chi connectivity index (χ1n) is 6.53. The fraction of sp³-hybridized carbons (Fsp3) is 0.357. The summed E-state index contributed by atoms with van der Waals surface area (Å²) in [6, 6.07) is 3.18. The normalized spacial score (nSPS) is 10.9. The largest absolute Gasteiger partial charge is 0.339 e. The second-order valence-electron chi connectivity index (χ2n) is 4.88. The van der Waals surface area contributed by atoms with Gasteiger partial charge in [-0.25, -0.2) is 8.78 Å². The number of hydrogen-bond donors (Lipinski definition) is 1.